The van der Waals surface area contributed by atoms with Gasteiger partial charge in [0.15, 0.2) is 0 Å². The minimum atomic E-state index is -0.174. The molecule has 0 radical (unpaired) electrons. The highest BCUT2D eigenvalue weighted by molar-refractivity contribution is 5.95. The zero-order chi connectivity index (χ0) is 15.4. The molecule has 112 valence electrons. The Bertz CT molecular complexity index is 543. The number of nitrogens with zero attached hydrogens (tertiary/aromatic N) is 2. The molecule has 1 aromatic carbocycles. The lowest BCUT2D eigenvalue weighted by Gasteiger charge is -2.29. The van der Waals surface area contributed by atoms with Crippen molar-refractivity contribution in [3.05, 3.63) is 29.8 Å². The summed E-state index contributed by atoms with van der Waals surface area (Å²) >= 11 is 0. The van der Waals surface area contributed by atoms with Gasteiger partial charge >= 0.3 is 0 Å². The number of rotatable bonds is 6. The first-order valence-electron chi connectivity index (χ1n) is 7.58. The largest absolute Gasteiger partial charge is 0.324 e. The van der Waals surface area contributed by atoms with Crippen LogP contribution in [-0.2, 0) is 4.79 Å². The molecule has 0 aliphatic heterocycles. The first kappa shape index (κ1) is 15.5. The number of carbonyl (C=O) groups is 1. The molecule has 1 fully saturated rings. The van der Waals surface area contributed by atoms with E-state index in [-0.39, 0.29) is 11.9 Å². The molecule has 0 saturated heterocycles. The highest BCUT2D eigenvalue weighted by Crippen LogP contribution is 2.29. The predicted octanol–water partition coefficient (Wildman–Crippen LogP) is 3.01. The molecule has 1 amide bonds. The summed E-state index contributed by atoms with van der Waals surface area (Å²) < 4.78 is 0. The number of amides is 1. The van der Waals surface area contributed by atoms with E-state index in [2.05, 4.69) is 30.1 Å². The fraction of sp³-hybridized carbons (Fsp3) is 0.529. The molecule has 1 unspecified atom stereocenters. The number of hydrogen-bond donors (Lipinski definition) is 1. The lowest BCUT2D eigenvalue weighted by Crippen LogP contribution is -2.45. The van der Waals surface area contributed by atoms with E-state index in [9.17, 15) is 4.79 Å². The third-order valence-electron chi connectivity index (χ3n) is 3.77. The summed E-state index contributed by atoms with van der Waals surface area (Å²) in [6.07, 6.45) is 2.36. The molecule has 1 aromatic rings. The molecule has 2 rings (SSSR count). The van der Waals surface area contributed by atoms with Crippen molar-refractivity contribution in [2.24, 2.45) is 5.92 Å². The average Bonchev–Trinajstić information content (AvgIpc) is 3.29. The average molecular weight is 285 g/mol. The van der Waals surface area contributed by atoms with Crippen molar-refractivity contribution >= 4 is 11.6 Å². The van der Waals surface area contributed by atoms with Crippen LogP contribution >= 0.6 is 0 Å². The van der Waals surface area contributed by atoms with Gasteiger partial charge in [-0.05, 0) is 37.8 Å². The summed E-state index contributed by atoms with van der Waals surface area (Å²) in [4.78, 5) is 14.8. The quantitative estimate of drug-likeness (QED) is 0.874. The van der Waals surface area contributed by atoms with Gasteiger partial charge in [0.25, 0.3) is 0 Å². The van der Waals surface area contributed by atoms with E-state index in [1.165, 1.54) is 12.8 Å². The standard InChI is InChI=1S/C17H23N3O/c1-12(2)11-20(15-8-9-15)13(3)17(21)19-16-7-5-4-6-14(16)10-18/h4-7,12-13,15H,8-9,11H2,1-3H3,(H,19,21). The second kappa shape index (κ2) is 6.73. The molecule has 0 spiro atoms. The van der Waals surface area contributed by atoms with Gasteiger partial charge in [0, 0.05) is 12.6 Å². The Morgan fingerprint density at radius 1 is 1.38 bits per heavy atom. The number of hydrogen-bond acceptors (Lipinski definition) is 3. The van der Waals surface area contributed by atoms with E-state index >= 15 is 0 Å². The van der Waals surface area contributed by atoms with Crippen molar-refractivity contribution in [1.29, 1.82) is 5.26 Å². The second-order valence-electron chi connectivity index (χ2n) is 6.14. The van der Waals surface area contributed by atoms with E-state index in [1.54, 1.807) is 18.2 Å². The molecule has 1 saturated carbocycles. The van der Waals surface area contributed by atoms with Gasteiger partial charge in [-0.25, -0.2) is 0 Å². The Morgan fingerprint density at radius 2 is 2.05 bits per heavy atom. The fourth-order valence-electron chi connectivity index (χ4n) is 2.53. The van der Waals surface area contributed by atoms with Crippen molar-refractivity contribution in [2.75, 3.05) is 11.9 Å². The Hall–Kier alpha value is -1.86. The molecular weight excluding hydrogens is 262 g/mol. The minimum Gasteiger partial charge on any atom is -0.324 e. The van der Waals surface area contributed by atoms with E-state index in [1.807, 2.05) is 13.0 Å². The molecule has 0 aromatic heterocycles. The summed E-state index contributed by atoms with van der Waals surface area (Å²) in [6.45, 7) is 7.22. The van der Waals surface area contributed by atoms with Crippen molar-refractivity contribution in [3.63, 3.8) is 0 Å². The van der Waals surface area contributed by atoms with Crippen molar-refractivity contribution < 1.29 is 4.79 Å². The number of nitriles is 1. The highest BCUT2D eigenvalue weighted by atomic mass is 16.2. The van der Waals surface area contributed by atoms with Crippen LogP contribution in [0, 0.1) is 17.2 Å². The molecule has 4 heteroatoms. The van der Waals surface area contributed by atoms with E-state index in [0.29, 0.717) is 23.2 Å². The Balaban J connectivity index is 2.06. The van der Waals surface area contributed by atoms with E-state index in [0.717, 1.165) is 6.54 Å². The molecular formula is C17H23N3O. The molecule has 1 atom stereocenters. The third kappa shape index (κ3) is 4.05. The normalized spacial score (nSPS) is 15.8. The molecule has 4 nitrogen and oxygen atoms in total. The Morgan fingerprint density at radius 3 is 2.62 bits per heavy atom. The summed E-state index contributed by atoms with van der Waals surface area (Å²) in [5.41, 5.74) is 1.09. The number of nitrogens with one attached hydrogen (secondary N) is 1. The maximum atomic E-state index is 12.5. The summed E-state index contributed by atoms with van der Waals surface area (Å²) in [5, 5.41) is 12.0. The van der Waals surface area contributed by atoms with Crippen LogP contribution in [0.25, 0.3) is 0 Å². The zero-order valence-corrected chi connectivity index (χ0v) is 13.0. The first-order chi connectivity index (χ1) is 10.0. The maximum Gasteiger partial charge on any atom is 0.241 e. The van der Waals surface area contributed by atoms with E-state index < -0.39 is 0 Å². The lowest BCUT2D eigenvalue weighted by atomic mass is 10.1. The van der Waals surface area contributed by atoms with Gasteiger partial charge in [-0.15, -0.1) is 0 Å². The van der Waals surface area contributed by atoms with Crippen molar-refractivity contribution in [1.82, 2.24) is 4.90 Å². The van der Waals surface area contributed by atoms with Gasteiger partial charge < -0.3 is 5.32 Å². The molecule has 0 bridgehead atoms. The lowest BCUT2D eigenvalue weighted by molar-refractivity contribution is -0.121. The van der Waals surface area contributed by atoms with Crippen LogP contribution in [0.15, 0.2) is 24.3 Å². The second-order valence-corrected chi connectivity index (χ2v) is 6.14. The summed E-state index contributed by atoms with van der Waals surface area (Å²) in [5.74, 6) is 0.498. The van der Waals surface area contributed by atoms with Crippen LogP contribution in [0.4, 0.5) is 5.69 Å². The van der Waals surface area contributed by atoms with Crippen LogP contribution < -0.4 is 5.32 Å². The summed E-state index contributed by atoms with van der Waals surface area (Å²) in [7, 11) is 0. The summed E-state index contributed by atoms with van der Waals surface area (Å²) in [6, 6.07) is 9.59. The van der Waals surface area contributed by atoms with Crippen LogP contribution in [0.2, 0.25) is 0 Å². The van der Waals surface area contributed by atoms with Crippen LogP contribution in [0.1, 0.15) is 39.2 Å². The molecule has 1 aliphatic rings. The van der Waals surface area contributed by atoms with Gasteiger partial charge in [-0.1, -0.05) is 26.0 Å². The van der Waals surface area contributed by atoms with Crippen LogP contribution in [-0.4, -0.2) is 29.4 Å². The van der Waals surface area contributed by atoms with Crippen molar-refractivity contribution in [3.8, 4) is 6.07 Å². The van der Waals surface area contributed by atoms with Gasteiger partial charge in [-0.2, -0.15) is 5.26 Å². The number of anilines is 1. The van der Waals surface area contributed by atoms with Crippen LogP contribution in [0.3, 0.4) is 0 Å². The maximum absolute atomic E-state index is 12.5. The molecule has 21 heavy (non-hydrogen) atoms. The molecule has 1 N–H and O–H groups in total. The van der Waals surface area contributed by atoms with Gasteiger partial charge in [-0.3, -0.25) is 9.69 Å². The smallest absolute Gasteiger partial charge is 0.241 e. The fourth-order valence-corrected chi connectivity index (χ4v) is 2.53. The zero-order valence-electron chi connectivity index (χ0n) is 13.0. The van der Waals surface area contributed by atoms with Gasteiger partial charge in [0.1, 0.15) is 6.07 Å². The number of para-hydroxylation sites is 1. The highest BCUT2D eigenvalue weighted by Gasteiger charge is 2.35. The Kier molecular flexibility index (Phi) is 4.98. The van der Waals surface area contributed by atoms with E-state index in [4.69, 9.17) is 5.26 Å². The third-order valence-corrected chi connectivity index (χ3v) is 3.77. The topological polar surface area (TPSA) is 56.1 Å². The van der Waals surface area contributed by atoms with Gasteiger partial charge in [0.05, 0.1) is 17.3 Å². The molecule has 0 heterocycles. The predicted molar refractivity (Wildman–Crippen MR) is 83.8 cm³/mol. The number of carbonyl (C=O) groups excluding carboxylic acids is 1. The van der Waals surface area contributed by atoms with Gasteiger partial charge in [0.2, 0.25) is 5.91 Å². The molecule has 1 aliphatic carbocycles. The monoisotopic (exact) mass is 285 g/mol. The SMILES string of the molecule is CC(C)CN(C1CC1)C(C)C(=O)Nc1ccccc1C#N. The minimum absolute atomic E-state index is 0.0368. The van der Waals surface area contributed by atoms with Crippen molar-refractivity contribution in [2.45, 2.75) is 45.7 Å². The number of benzene rings is 1. The first-order valence-corrected chi connectivity index (χ1v) is 7.58. The Labute approximate surface area is 126 Å². The van der Waals surface area contributed by atoms with Crippen LogP contribution in [0.5, 0.6) is 0 Å².